The van der Waals surface area contributed by atoms with Crippen LogP contribution in [0.1, 0.15) is 19.3 Å². The lowest BCUT2D eigenvalue weighted by Gasteiger charge is -2.21. The van der Waals surface area contributed by atoms with Crippen LogP contribution in [0.25, 0.3) is 0 Å². The van der Waals surface area contributed by atoms with E-state index in [4.69, 9.17) is 0 Å². The minimum Gasteiger partial charge on any atom is -0.325 e. The van der Waals surface area contributed by atoms with E-state index >= 15 is 0 Å². The van der Waals surface area contributed by atoms with Crippen molar-refractivity contribution in [3.8, 4) is 6.07 Å². The molecular weight excluding hydrogens is 302 g/mol. The average molecular weight is 319 g/mol. The zero-order chi connectivity index (χ0) is 16.6. The van der Waals surface area contributed by atoms with Crippen molar-refractivity contribution >= 4 is 23.2 Å². The fourth-order valence-corrected chi connectivity index (χ4v) is 3.36. The van der Waals surface area contributed by atoms with Gasteiger partial charge >= 0.3 is 0 Å². The third-order valence-electron chi connectivity index (χ3n) is 4.81. The smallest absolute Gasteiger partial charge is 0.247 e. The number of anilines is 3. The van der Waals surface area contributed by atoms with Crippen molar-refractivity contribution in [2.45, 2.75) is 19.3 Å². The Kier molecular flexibility index (Phi) is 3.42. The van der Waals surface area contributed by atoms with Gasteiger partial charge < -0.3 is 10.2 Å². The maximum Gasteiger partial charge on any atom is 0.247 e. The van der Waals surface area contributed by atoms with Crippen molar-refractivity contribution in [3.63, 3.8) is 0 Å². The topological polar surface area (TPSA) is 81.9 Å². The molecule has 0 spiro atoms. The maximum atomic E-state index is 12.9. The minimum atomic E-state index is -0.822. The summed E-state index contributed by atoms with van der Waals surface area (Å²) in [5.41, 5.74) is -0.0519. The zero-order valence-electron chi connectivity index (χ0n) is 13.1. The van der Waals surface area contributed by atoms with Crippen molar-refractivity contribution in [1.82, 2.24) is 9.97 Å². The van der Waals surface area contributed by atoms with Crippen LogP contribution in [0.2, 0.25) is 0 Å². The van der Waals surface area contributed by atoms with Crippen molar-refractivity contribution in [3.05, 3.63) is 42.7 Å². The SMILES string of the molecule is N#C[C@@]1(C2CC2)CCN(c2ccnc(Nc3ccccn3)c2)C1=O. The van der Waals surface area contributed by atoms with Crippen LogP contribution in [-0.2, 0) is 4.79 Å². The first kappa shape index (κ1) is 14.6. The molecule has 24 heavy (non-hydrogen) atoms. The highest BCUT2D eigenvalue weighted by molar-refractivity contribution is 6.02. The molecule has 0 aromatic carbocycles. The van der Waals surface area contributed by atoms with Gasteiger partial charge in [0.15, 0.2) is 0 Å². The van der Waals surface area contributed by atoms with Crippen LogP contribution in [0.15, 0.2) is 42.7 Å². The molecule has 0 radical (unpaired) electrons. The van der Waals surface area contributed by atoms with Gasteiger partial charge in [-0.25, -0.2) is 9.97 Å². The Morgan fingerprint density at radius 3 is 2.75 bits per heavy atom. The van der Waals surface area contributed by atoms with Crippen LogP contribution < -0.4 is 10.2 Å². The van der Waals surface area contributed by atoms with E-state index in [1.165, 1.54) is 0 Å². The first-order valence-electron chi connectivity index (χ1n) is 8.10. The van der Waals surface area contributed by atoms with Gasteiger partial charge in [0.2, 0.25) is 5.91 Å². The number of rotatable bonds is 4. The number of nitrogens with zero attached hydrogens (tertiary/aromatic N) is 4. The molecular formula is C18H17N5O. The molecule has 1 saturated heterocycles. The molecule has 2 fully saturated rings. The van der Waals surface area contributed by atoms with E-state index in [1.54, 1.807) is 17.3 Å². The van der Waals surface area contributed by atoms with Crippen LogP contribution in [-0.4, -0.2) is 22.4 Å². The first-order chi connectivity index (χ1) is 11.7. The number of pyridine rings is 2. The van der Waals surface area contributed by atoms with Gasteiger partial charge in [-0.2, -0.15) is 5.26 Å². The van der Waals surface area contributed by atoms with E-state index in [1.807, 2.05) is 30.3 Å². The van der Waals surface area contributed by atoms with Crippen molar-refractivity contribution < 1.29 is 4.79 Å². The fourth-order valence-electron chi connectivity index (χ4n) is 3.36. The Morgan fingerprint density at radius 2 is 2.04 bits per heavy atom. The third kappa shape index (κ3) is 2.38. The van der Waals surface area contributed by atoms with E-state index in [0.29, 0.717) is 24.6 Å². The van der Waals surface area contributed by atoms with E-state index in [-0.39, 0.29) is 11.8 Å². The van der Waals surface area contributed by atoms with E-state index in [9.17, 15) is 10.1 Å². The molecule has 1 aliphatic heterocycles. The number of amides is 1. The van der Waals surface area contributed by atoms with Crippen LogP contribution in [0, 0.1) is 22.7 Å². The normalized spacial score (nSPS) is 23.1. The first-order valence-corrected chi connectivity index (χ1v) is 8.10. The van der Waals surface area contributed by atoms with E-state index < -0.39 is 5.41 Å². The number of nitriles is 1. The molecule has 6 heteroatoms. The lowest BCUT2D eigenvalue weighted by molar-refractivity contribution is -0.123. The molecule has 2 aliphatic rings. The lowest BCUT2D eigenvalue weighted by Crippen LogP contribution is -2.35. The van der Waals surface area contributed by atoms with Crippen molar-refractivity contribution in [2.75, 3.05) is 16.8 Å². The summed E-state index contributed by atoms with van der Waals surface area (Å²) in [5, 5.41) is 12.7. The quantitative estimate of drug-likeness (QED) is 0.937. The molecule has 0 unspecified atom stereocenters. The van der Waals surface area contributed by atoms with Crippen LogP contribution in [0.3, 0.4) is 0 Å². The molecule has 120 valence electrons. The van der Waals surface area contributed by atoms with Gasteiger partial charge in [-0.3, -0.25) is 4.79 Å². The Labute approximate surface area is 140 Å². The molecule has 3 heterocycles. The second-order valence-electron chi connectivity index (χ2n) is 6.30. The largest absolute Gasteiger partial charge is 0.325 e. The Hall–Kier alpha value is -2.94. The predicted octanol–water partition coefficient (Wildman–Crippen LogP) is 2.88. The molecule has 1 saturated carbocycles. The second kappa shape index (κ2) is 5.60. The predicted molar refractivity (Wildman–Crippen MR) is 89.5 cm³/mol. The Bertz CT molecular complexity index is 812. The highest BCUT2D eigenvalue weighted by Crippen LogP contribution is 2.51. The van der Waals surface area contributed by atoms with Gasteiger partial charge in [-0.15, -0.1) is 0 Å². The molecule has 1 amide bonds. The maximum absolute atomic E-state index is 12.9. The van der Waals surface area contributed by atoms with Gasteiger partial charge in [0, 0.05) is 30.7 Å². The Morgan fingerprint density at radius 1 is 1.21 bits per heavy atom. The van der Waals surface area contributed by atoms with Crippen LogP contribution in [0.4, 0.5) is 17.3 Å². The van der Waals surface area contributed by atoms with Gasteiger partial charge in [-0.05, 0) is 43.4 Å². The summed E-state index contributed by atoms with van der Waals surface area (Å²) >= 11 is 0. The lowest BCUT2D eigenvalue weighted by atomic mass is 9.83. The minimum absolute atomic E-state index is 0.0671. The summed E-state index contributed by atoms with van der Waals surface area (Å²) in [7, 11) is 0. The molecule has 4 rings (SSSR count). The molecule has 1 N–H and O–H groups in total. The van der Waals surface area contributed by atoms with Crippen molar-refractivity contribution in [1.29, 1.82) is 5.26 Å². The summed E-state index contributed by atoms with van der Waals surface area (Å²) in [4.78, 5) is 23.1. The summed E-state index contributed by atoms with van der Waals surface area (Å²) < 4.78 is 0. The van der Waals surface area contributed by atoms with Crippen LogP contribution in [0.5, 0.6) is 0 Å². The highest BCUT2D eigenvalue weighted by Gasteiger charge is 2.56. The fraction of sp³-hybridized carbons (Fsp3) is 0.333. The summed E-state index contributed by atoms with van der Waals surface area (Å²) in [6.45, 7) is 0.579. The van der Waals surface area contributed by atoms with Crippen LogP contribution >= 0.6 is 0 Å². The molecule has 1 atom stereocenters. The molecule has 0 bridgehead atoms. The average Bonchev–Trinajstić information content (AvgIpc) is 3.41. The van der Waals surface area contributed by atoms with Gasteiger partial charge in [0.05, 0.1) is 6.07 Å². The third-order valence-corrected chi connectivity index (χ3v) is 4.81. The number of carbonyl (C=O) groups is 1. The molecule has 2 aromatic heterocycles. The summed E-state index contributed by atoms with van der Waals surface area (Å²) in [5.74, 6) is 1.48. The highest BCUT2D eigenvalue weighted by atomic mass is 16.2. The summed E-state index contributed by atoms with van der Waals surface area (Å²) in [6, 6.07) is 11.5. The Balaban J connectivity index is 1.58. The van der Waals surface area contributed by atoms with Gasteiger partial charge in [0.1, 0.15) is 17.1 Å². The van der Waals surface area contributed by atoms with E-state index in [0.717, 1.165) is 18.5 Å². The molecule has 2 aromatic rings. The van der Waals surface area contributed by atoms with Gasteiger partial charge in [-0.1, -0.05) is 6.07 Å². The standard InChI is InChI=1S/C18H17N5O/c19-12-18(13-4-5-13)7-10-23(17(18)24)14-6-9-21-16(11-14)22-15-3-1-2-8-20-15/h1-3,6,8-9,11,13H,4-5,7,10H2,(H,20,21,22)/t18-/m1/s1. The van der Waals surface area contributed by atoms with Crippen molar-refractivity contribution in [2.24, 2.45) is 11.3 Å². The monoisotopic (exact) mass is 319 g/mol. The number of hydrogen-bond donors (Lipinski definition) is 1. The second-order valence-corrected chi connectivity index (χ2v) is 6.30. The number of hydrogen-bond acceptors (Lipinski definition) is 5. The number of carbonyl (C=O) groups excluding carboxylic acids is 1. The van der Waals surface area contributed by atoms with E-state index in [2.05, 4.69) is 21.4 Å². The van der Waals surface area contributed by atoms with Gasteiger partial charge in [0.25, 0.3) is 0 Å². The number of nitrogens with one attached hydrogen (secondary N) is 1. The zero-order valence-corrected chi connectivity index (χ0v) is 13.1. The molecule has 6 nitrogen and oxygen atoms in total. The molecule has 1 aliphatic carbocycles. The number of aromatic nitrogens is 2. The summed E-state index contributed by atoms with van der Waals surface area (Å²) in [6.07, 6.45) is 5.94.